The Morgan fingerprint density at radius 3 is 2.45 bits per heavy atom. The highest BCUT2D eigenvalue weighted by Gasteiger charge is 2.39. The van der Waals surface area contributed by atoms with E-state index >= 15 is 0 Å². The van der Waals surface area contributed by atoms with E-state index in [0.717, 1.165) is 12.1 Å². The number of benzene rings is 1. The van der Waals surface area contributed by atoms with E-state index in [1.807, 2.05) is 0 Å². The van der Waals surface area contributed by atoms with Gasteiger partial charge >= 0.3 is 6.18 Å². The normalized spacial score (nSPS) is 16.5. The van der Waals surface area contributed by atoms with Gasteiger partial charge in [0.05, 0.1) is 28.2 Å². The molecule has 1 atom stereocenters. The average Bonchev–Trinajstić information content (AvgIpc) is 3.30. The molecule has 1 aromatic heterocycles. The largest absolute Gasteiger partial charge is 0.416 e. The molecule has 1 unspecified atom stereocenters. The number of carbonyl (C=O) groups excluding carboxylic acids is 3. The monoisotopic (exact) mass is 436 g/mol. The lowest BCUT2D eigenvalue weighted by Crippen LogP contribution is -2.47. The van der Waals surface area contributed by atoms with E-state index in [-0.39, 0.29) is 35.1 Å². The van der Waals surface area contributed by atoms with Gasteiger partial charge in [0.1, 0.15) is 6.04 Å². The first-order valence-corrected chi connectivity index (χ1v) is 9.73. The number of likely N-dealkylation sites (N-methyl/N-ethyl adjacent to an activating group) is 1. The number of aromatic nitrogens is 2. The van der Waals surface area contributed by atoms with Crippen LogP contribution in [-0.2, 0) is 15.8 Å². The number of halogens is 3. The number of hydrogen-bond acceptors (Lipinski definition) is 4. The SMILES string of the molecule is Cc1nn(-c2cccc(C(F)(F)F)c2)c(C)c1C(=O)C(=O)N1CCCC1C(=O)N(C)C. The van der Waals surface area contributed by atoms with Crippen LogP contribution in [0.2, 0.25) is 0 Å². The summed E-state index contributed by atoms with van der Waals surface area (Å²) < 4.78 is 40.4. The van der Waals surface area contributed by atoms with Gasteiger partial charge in [0.15, 0.2) is 0 Å². The van der Waals surface area contributed by atoms with Crippen LogP contribution in [0.4, 0.5) is 13.2 Å². The van der Waals surface area contributed by atoms with Gasteiger partial charge in [-0.05, 0) is 44.9 Å². The number of ketones is 1. The number of Topliss-reactive ketones (excluding diaryl/α,β-unsaturated/α-hetero) is 1. The third kappa shape index (κ3) is 4.19. The number of likely N-dealkylation sites (tertiary alicyclic amines) is 1. The van der Waals surface area contributed by atoms with Gasteiger partial charge in [0.25, 0.3) is 11.7 Å². The van der Waals surface area contributed by atoms with Crippen molar-refractivity contribution < 1.29 is 27.6 Å². The van der Waals surface area contributed by atoms with Crippen LogP contribution in [0.15, 0.2) is 24.3 Å². The molecule has 0 bridgehead atoms. The number of aryl methyl sites for hydroxylation is 1. The topological polar surface area (TPSA) is 75.5 Å². The maximum atomic E-state index is 13.1. The maximum Gasteiger partial charge on any atom is 0.416 e. The maximum absolute atomic E-state index is 13.1. The van der Waals surface area contributed by atoms with Gasteiger partial charge in [-0.2, -0.15) is 18.3 Å². The molecule has 1 aliphatic rings. The molecular weight excluding hydrogens is 413 g/mol. The summed E-state index contributed by atoms with van der Waals surface area (Å²) in [7, 11) is 3.16. The predicted molar refractivity (Wildman–Crippen MR) is 106 cm³/mol. The Morgan fingerprint density at radius 1 is 1.16 bits per heavy atom. The Bertz CT molecular complexity index is 1040. The fourth-order valence-electron chi connectivity index (χ4n) is 3.84. The number of carbonyl (C=O) groups is 3. The van der Waals surface area contributed by atoms with E-state index in [2.05, 4.69) is 5.10 Å². The lowest BCUT2D eigenvalue weighted by Gasteiger charge is -2.25. The van der Waals surface area contributed by atoms with Gasteiger partial charge in [-0.1, -0.05) is 6.07 Å². The molecule has 31 heavy (non-hydrogen) atoms. The standard InChI is InChI=1S/C21H23F3N4O3/c1-12-17(18(29)20(31)27-10-6-9-16(27)19(30)26(3)4)13(2)28(25-12)15-8-5-7-14(11-15)21(22,23)24/h5,7-8,11,16H,6,9-10H2,1-4H3. The minimum Gasteiger partial charge on any atom is -0.347 e. The third-order valence-corrected chi connectivity index (χ3v) is 5.37. The molecule has 0 radical (unpaired) electrons. The van der Waals surface area contributed by atoms with Gasteiger partial charge in [-0.3, -0.25) is 14.4 Å². The number of rotatable bonds is 4. The summed E-state index contributed by atoms with van der Waals surface area (Å²) in [5.41, 5.74) is -0.203. The van der Waals surface area contributed by atoms with E-state index in [1.54, 1.807) is 14.1 Å². The van der Waals surface area contributed by atoms with Gasteiger partial charge < -0.3 is 9.80 Å². The Morgan fingerprint density at radius 2 is 1.84 bits per heavy atom. The zero-order valence-corrected chi connectivity index (χ0v) is 17.7. The van der Waals surface area contributed by atoms with Crippen LogP contribution in [0, 0.1) is 13.8 Å². The average molecular weight is 436 g/mol. The van der Waals surface area contributed by atoms with Crippen molar-refractivity contribution in [2.75, 3.05) is 20.6 Å². The lowest BCUT2D eigenvalue weighted by atomic mass is 10.1. The second-order valence-electron chi connectivity index (χ2n) is 7.72. The molecule has 166 valence electrons. The molecule has 1 saturated heterocycles. The molecule has 0 aliphatic carbocycles. The molecule has 7 nitrogen and oxygen atoms in total. The van der Waals surface area contributed by atoms with Gasteiger partial charge in [-0.15, -0.1) is 0 Å². The second kappa shape index (κ2) is 8.16. The van der Waals surface area contributed by atoms with Crippen LogP contribution in [0.5, 0.6) is 0 Å². The van der Waals surface area contributed by atoms with Crippen molar-refractivity contribution in [1.29, 1.82) is 0 Å². The van der Waals surface area contributed by atoms with Gasteiger partial charge in [0, 0.05) is 20.6 Å². The minimum absolute atomic E-state index is 0.0327. The summed E-state index contributed by atoms with van der Waals surface area (Å²) in [5, 5.41) is 4.20. The van der Waals surface area contributed by atoms with Crippen molar-refractivity contribution in [3.05, 3.63) is 46.8 Å². The van der Waals surface area contributed by atoms with E-state index < -0.39 is 29.5 Å². The summed E-state index contributed by atoms with van der Waals surface area (Å²) in [6.07, 6.45) is -3.45. The van der Waals surface area contributed by atoms with Gasteiger partial charge in [0.2, 0.25) is 5.91 Å². The minimum atomic E-state index is -4.52. The van der Waals surface area contributed by atoms with Crippen molar-refractivity contribution in [3.63, 3.8) is 0 Å². The van der Waals surface area contributed by atoms with Crippen LogP contribution in [0.1, 0.15) is 40.2 Å². The molecule has 3 rings (SSSR count). The number of nitrogens with zero attached hydrogens (tertiary/aromatic N) is 4. The number of alkyl halides is 3. The Labute approximate surface area is 177 Å². The first-order chi connectivity index (χ1) is 14.4. The van der Waals surface area contributed by atoms with Crippen LogP contribution in [-0.4, -0.2) is 63.9 Å². The Hall–Kier alpha value is -3.17. The van der Waals surface area contributed by atoms with Crippen molar-refractivity contribution in [2.24, 2.45) is 0 Å². The Kier molecular flexibility index (Phi) is 5.93. The first kappa shape index (κ1) is 22.5. The molecule has 2 amide bonds. The van der Waals surface area contributed by atoms with Crippen molar-refractivity contribution in [2.45, 2.75) is 38.9 Å². The molecule has 0 N–H and O–H groups in total. The quantitative estimate of drug-likeness (QED) is 0.546. The summed E-state index contributed by atoms with van der Waals surface area (Å²) in [6.45, 7) is 3.33. The molecule has 0 saturated carbocycles. The molecule has 0 spiro atoms. The highest BCUT2D eigenvalue weighted by Crippen LogP contribution is 2.31. The molecule has 1 aromatic carbocycles. The number of hydrogen-bond donors (Lipinski definition) is 0. The second-order valence-corrected chi connectivity index (χ2v) is 7.72. The third-order valence-electron chi connectivity index (χ3n) is 5.37. The molecule has 2 aromatic rings. The highest BCUT2D eigenvalue weighted by molar-refractivity contribution is 6.43. The van der Waals surface area contributed by atoms with Crippen molar-refractivity contribution in [1.82, 2.24) is 19.6 Å². The summed E-state index contributed by atoms with van der Waals surface area (Å²) in [6, 6.07) is 3.87. The first-order valence-electron chi connectivity index (χ1n) is 9.73. The predicted octanol–water partition coefficient (Wildman–Crippen LogP) is 2.77. The Balaban J connectivity index is 1.94. The zero-order valence-electron chi connectivity index (χ0n) is 17.7. The zero-order chi connectivity index (χ0) is 23.1. The van der Waals surface area contributed by atoms with E-state index in [1.165, 1.54) is 40.5 Å². The number of amides is 2. The summed E-state index contributed by atoms with van der Waals surface area (Å²) in [4.78, 5) is 41.0. The van der Waals surface area contributed by atoms with Crippen molar-refractivity contribution >= 4 is 17.6 Å². The molecule has 2 heterocycles. The van der Waals surface area contributed by atoms with Crippen LogP contribution in [0.25, 0.3) is 5.69 Å². The summed E-state index contributed by atoms with van der Waals surface area (Å²) >= 11 is 0. The molecule has 10 heteroatoms. The van der Waals surface area contributed by atoms with Gasteiger partial charge in [-0.25, -0.2) is 4.68 Å². The van der Waals surface area contributed by atoms with E-state index in [9.17, 15) is 27.6 Å². The molecule has 1 fully saturated rings. The van der Waals surface area contributed by atoms with E-state index in [4.69, 9.17) is 0 Å². The van der Waals surface area contributed by atoms with Crippen molar-refractivity contribution in [3.8, 4) is 5.69 Å². The smallest absolute Gasteiger partial charge is 0.347 e. The lowest BCUT2D eigenvalue weighted by molar-refractivity contribution is -0.139. The van der Waals surface area contributed by atoms with E-state index in [0.29, 0.717) is 12.8 Å². The fourth-order valence-corrected chi connectivity index (χ4v) is 3.84. The molecular formula is C21H23F3N4O3. The van der Waals surface area contributed by atoms with Crippen LogP contribution < -0.4 is 0 Å². The molecule has 1 aliphatic heterocycles. The summed E-state index contributed by atoms with van der Waals surface area (Å²) in [5.74, 6) is -1.90. The van der Waals surface area contributed by atoms with Crippen LogP contribution >= 0.6 is 0 Å². The highest BCUT2D eigenvalue weighted by atomic mass is 19.4. The fraction of sp³-hybridized carbons (Fsp3) is 0.429. The van der Waals surface area contributed by atoms with Crippen LogP contribution in [0.3, 0.4) is 0 Å².